The molecular weight excluding hydrogens is 348 g/mol. The molecule has 1 amide bonds. The van der Waals surface area contributed by atoms with E-state index < -0.39 is 0 Å². The first-order valence-electron chi connectivity index (χ1n) is 8.50. The Balaban J connectivity index is 1.99. The van der Waals surface area contributed by atoms with Crippen LogP contribution in [0.1, 0.15) is 28.4 Å². The summed E-state index contributed by atoms with van der Waals surface area (Å²) in [5, 5.41) is 6.00. The number of amides is 1. The summed E-state index contributed by atoms with van der Waals surface area (Å²) in [4.78, 5) is 12.5. The van der Waals surface area contributed by atoms with Gasteiger partial charge in [-0.05, 0) is 56.8 Å². The van der Waals surface area contributed by atoms with Crippen LogP contribution in [0.5, 0.6) is 5.75 Å². The number of para-hydroxylation sites is 1. The Morgan fingerprint density at radius 2 is 1.88 bits per heavy atom. The fourth-order valence-electron chi connectivity index (χ4n) is 2.41. The van der Waals surface area contributed by atoms with E-state index in [-0.39, 0.29) is 11.0 Å². The van der Waals surface area contributed by atoms with Gasteiger partial charge >= 0.3 is 0 Å². The van der Waals surface area contributed by atoms with Gasteiger partial charge in [0, 0.05) is 12.3 Å². The van der Waals surface area contributed by atoms with Crippen LogP contribution in [0.4, 0.5) is 5.69 Å². The topological polar surface area (TPSA) is 59.6 Å². The van der Waals surface area contributed by atoms with Gasteiger partial charge in [-0.25, -0.2) is 0 Å². The molecule has 2 rings (SSSR count). The third kappa shape index (κ3) is 5.82. The molecular formula is C20H24N2O3S. The number of thiocarbonyl (C=S) groups is 1. The van der Waals surface area contributed by atoms with E-state index >= 15 is 0 Å². The van der Waals surface area contributed by atoms with Crippen LogP contribution in [0.3, 0.4) is 0 Å². The van der Waals surface area contributed by atoms with Crippen molar-refractivity contribution >= 4 is 28.9 Å². The molecule has 6 heteroatoms. The summed E-state index contributed by atoms with van der Waals surface area (Å²) in [6.45, 7) is 7.41. The number of nitrogens with one attached hydrogen (secondary N) is 2. The van der Waals surface area contributed by atoms with Gasteiger partial charge in [-0.2, -0.15) is 0 Å². The molecule has 26 heavy (non-hydrogen) atoms. The Morgan fingerprint density at radius 3 is 2.62 bits per heavy atom. The normalized spacial score (nSPS) is 10.3. The summed E-state index contributed by atoms with van der Waals surface area (Å²) in [5.74, 6) is 0.179. The predicted molar refractivity (Wildman–Crippen MR) is 108 cm³/mol. The van der Waals surface area contributed by atoms with Crippen LogP contribution in [0.25, 0.3) is 0 Å². The van der Waals surface area contributed by atoms with E-state index in [1.54, 1.807) is 18.2 Å². The van der Waals surface area contributed by atoms with E-state index in [1.807, 2.05) is 45.0 Å². The van der Waals surface area contributed by atoms with Crippen LogP contribution >= 0.6 is 12.2 Å². The van der Waals surface area contributed by atoms with Gasteiger partial charge < -0.3 is 14.8 Å². The van der Waals surface area contributed by atoms with E-state index in [0.29, 0.717) is 31.1 Å². The molecule has 0 spiro atoms. The molecule has 0 heterocycles. The van der Waals surface area contributed by atoms with Gasteiger partial charge in [0.1, 0.15) is 12.4 Å². The number of rotatable bonds is 7. The van der Waals surface area contributed by atoms with Crippen LogP contribution in [0.2, 0.25) is 0 Å². The lowest BCUT2D eigenvalue weighted by Gasteiger charge is -2.14. The molecule has 0 fully saturated rings. The van der Waals surface area contributed by atoms with Crippen LogP contribution in [0.15, 0.2) is 42.5 Å². The lowest BCUT2D eigenvalue weighted by Crippen LogP contribution is -2.34. The van der Waals surface area contributed by atoms with Gasteiger partial charge in [-0.3, -0.25) is 10.1 Å². The Labute approximate surface area is 159 Å². The monoisotopic (exact) mass is 372 g/mol. The smallest absolute Gasteiger partial charge is 0.261 e. The molecule has 0 unspecified atom stereocenters. The Kier molecular flexibility index (Phi) is 7.56. The highest BCUT2D eigenvalue weighted by Gasteiger charge is 2.14. The Bertz CT molecular complexity index is 777. The van der Waals surface area contributed by atoms with Crippen molar-refractivity contribution in [3.63, 3.8) is 0 Å². The second kappa shape index (κ2) is 9.89. The number of hydrogen-bond donors (Lipinski definition) is 2. The SMILES string of the molecule is CCOCCOc1ccccc1C(=O)NC(=S)Nc1ccc(C)cc1C. The maximum Gasteiger partial charge on any atom is 0.261 e. The van der Waals surface area contributed by atoms with Gasteiger partial charge in [0.15, 0.2) is 5.11 Å². The molecule has 2 aromatic rings. The molecule has 0 aromatic heterocycles. The number of carbonyl (C=O) groups excluding carboxylic acids is 1. The molecule has 138 valence electrons. The van der Waals surface area contributed by atoms with Crippen LogP contribution in [-0.4, -0.2) is 30.8 Å². The second-order valence-corrected chi connectivity index (χ2v) is 6.18. The summed E-state index contributed by atoms with van der Waals surface area (Å²) in [7, 11) is 0. The Hall–Kier alpha value is -2.44. The summed E-state index contributed by atoms with van der Waals surface area (Å²) in [6.07, 6.45) is 0. The molecule has 0 aliphatic rings. The van der Waals surface area contributed by atoms with Gasteiger partial charge in [0.2, 0.25) is 0 Å². The third-order valence-corrected chi connectivity index (χ3v) is 3.88. The number of carbonyl (C=O) groups is 1. The minimum atomic E-state index is -0.320. The molecule has 2 aromatic carbocycles. The first kappa shape index (κ1) is 19.9. The van der Waals surface area contributed by atoms with Crippen molar-refractivity contribution in [3.05, 3.63) is 59.2 Å². The zero-order valence-electron chi connectivity index (χ0n) is 15.3. The molecule has 0 aliphatic heterocycles. The first-order chi connectivity index (χ1) is 12.5. The molecule has 2 N–H and O–H groups in total. The van der Waals surface area contributed by atoms with Crippen molar-refractivity contribution in [2.45, 2.75) is 20.8 Å². The fourth-order valence-corrected chi connectivity index (χ4v) is 2.62. The quantitative estimate of drug-likeness (QED) is 0.571. The number of ether oxygens (including phenoxy) is 2. The minimum Gasteiger partial charge on any atom is -0.490 e. The second-order valence-electron chi connectivity index (χ2n) is 5.77. The summed E-state index contributed by atoms with van der Waals surface area (Å²) < 4.78 is 10.9. The van der Waals surface area contributed by atoms with Crippen molar-refractivity contribution in [1.29, 1.82) is 0 Å². The van der Waals surface area contributed by atoms with E-state index in [2.05, 4.69) is 10.6 Å². The zero-order valence-corrected chi connectivity index (χ0v) is 16.1. The predicted octanol–water partition coefficient (Wildman–Crippen LogP) is 3.85. The average molecular weight is 372 g/mol. The number of benzene rings is 2. The molecule has 0 atom stereocenters. The minimum absolute atomic E-state index is 0.242. The van der Waals surface area contributed by atoms with E-state index in [0.717, 1.165) is 11.3 Å². The molecule has 0 radical (unpaired) electrons. The maximum absolute atomic E-state index is 12.5. The van der Waals surface area contributed by atoms with Crippen molar-refractivity contribution in [2.24, 2.45) is 0 Å². The van der Waals surface area contributed by atoms with Crippen LogP contribution < -0.4 is 15.4 Å². The lowest BCUT2D eigenvalue weighted by molar-refractivity contribution is 0.0958. The summed E-state index contributed by atoms with van der Waals surface area (Å²) in [6, 6.07) is 13.0. The number of anilines is 1. The van der Waals surface area contributed by atoms with Gasteiger partial charge in [-0.15, -0.1) is 0 Å². The number of aryl methyl sites for hydroxylation is 2. The summed E-state index contributed by atoms with van der Waals surface area (Å²) >= 11 is 5.27. The highest BCUT2D eigenvalue weighted by Crippen LogP contribution is 2.19. The standard InChI is InChI=1S/C20H24N2O3S/c1-4-24-11-12-25-18-8-6-5-7-16(18)19(23)22-20(26)21-17-10-9-14(2)13-15(17)3/h5-10,13H,4,11-12H2,1-3H3,(H2,21,22,23,26). The number of hydrogen-bond acceptors (Lipinski definition) is 4. The molecule has 5 nitrogen and oxygen atoms in total. The third-order valence-electron chi connectivity index (χ3n) is 3.68. The van der Waals surface area contributed by atoms with Crippen LogP contribution in [-0.2, 0) is 4.74 Å². The maximum atomic E-state index is 12.5. The van der Waals surface area contributed by atoms with Gasteiger partial charge in [-0.1, -0.05) is 29.8 Å². The van der Waals surface area contributed by atoms with Gasteiger partial charge in [0.05, 0.1) is 12.2 Å². The van der Waals surface area contributed by atoms with E-state index in [1.165, 1.54) is 5.56 Å². The molecule has 0 saturated carbocycles. The van der Waals surface area contributed by atoms with Gasteiger partial charge in [0.25, 0.3) is 5.91 Å². The van der Waals surface area contributed by atoms with Crippen molar-refractivity contribution in [1.82, 2.24) is 5.32 Å². The highest BCUT2D eigenvalue weighted by molar-refractivity contribution is 7.80. The highest BCUT2D eigenvalue weighted by atomic mass is 32.1. The molecule has 0 bridgehead atoms. The lowest BCUT2D eigenvalue weighted by atomic mass is 10.1. The zero-order chi connectivity index (χ0) is 18.9. The molecule has 0 saturated heterocycles. The van der Waals surface area contributed by atoms with Crippen LogP contribution in [0, 0.1) is 13.8 Å². The Morgan fingerprint density at radius 1 is 1.12 bits per heavy atom. The fraction of sp³-hybridized carbons (Fsp3) is 0.300. The van der Waals surface area contributed by atoms with E-state index in [4.69, 9.17) is 21.7 Å². The first-order valence-corrected chi connectivity index (χ1v) is 8.91. The molecule has 0 aliphatic carbocycles. The van der Waals surface area contributed by atoms with E-state index in [9.17, 15) is 4.79 Å². The summed E-state index contributed by atoms with van der Waals surface area (Å²) in [5.41, 5.74) is 3.51. The average Bonchev–Trinajstić information content (AvgIpc) is 2.61. The largest absolute Gasteiger partial charge is 0.490 e. The van der Waals surface area contributed by atoms with Crippen molar-refractivity contribution in [3.8, 4) is 5.75 Å². The van der Waals surface area contributed by atoms with Crippen molar-refractivity contribution in [2.75, 3.05) is 25.1 Å². The van der Waals surface area contributed by atoms with Crippen molar-refractivity contribution < 1.29 is 14.3 Å².